The van der Waals surface area contributed by atoms with E-state index in [0.717, 1.165) is 23.4 Å². The summed E-state index contributed by atoms with van der Waals surface area (Å²) in [6.45, 7) is 0. The first-order chi connectivity index (χ1) is 10.8. The van der Waals surface area contributed by atoms with Gasteiger partial charge in [0.05, 0.1) is 23.3 Å². The number of hydrazine groups is 1. The number of ether oxygens (including phenoxy) is 1. The predicted molar refractivity (Wildman–Crippen MR) is 86.6 cm³/mol. The first-order valence-electron chi connectivity index (χ1n) is 6.77. The number of alkyl halides is 3. The molecule has 3 nitrogen and oxygen atoms in total. The fraction of sp³-hybridized carbons (Fsp3) is 0.250. The van der Waals surface area contributed by atoms with Crippen molar-refractivity contribution in [3.63, 3.8) is 0 Å². The molecule has 0 radical (unpaired) electrons. The van der Waals surface area contributed by atoms with E-state index in [1.165, 1.54) is 29.9 Å². The zero-order valence-electron chi connectivity index (χ0n) is 12.7. The zero-order valence-corrected chi connectivity index (χ0v) is 13.5. The summed E-state index contributed by atoms with van der Waals surface area (Å²) in [5, 5.41) is 1.49. The molecule has 7 heteroatoms. The van der Waals surface area contributed by atoms with E-state index < -0.39 is 11.7 Å². The monoisotopic (exact) mass is 342 g/mol. The van der Waals surface area contributed by atoms with E-state index in [-0.39, 0.29) is 0 Å². The highest BCUT2D eigenvalue weighted by Crippen LogP contribution is 2.38. The largest absolute Gasteiger partial charge is 0.496 e. The Hall–Kier alpha value is -1.86. The fourth-order valence-electron chi connectivity index (χ4n) is 2.10. The summed E-state index contributed by atoms with van der Waals surface area (Å²) in [4.78, 5) is 0.441. The summed E-state index contributed by atoms with van der Waals surface area (Å²) in [6, 6.07) is 10.9. The first kappa shape index (κ1) is 17.5. The average Bonchev–Trinajstić information content (AvgIpc) is 2.51. The Morgan fingerprint density at radius 2 is 1.87 bits per heavy atom. The number of benzene rings is 2. The number of thioether (sulfide) groups is 1. The van der Waals surface area contributed by atoms with Crippen LogP contribution in [0.5, 0.6) is 5.75 Å². The summed E-state index contributed by atoms with van der Waals surface area (Å²) in [7, 11) is 3.16. The molecule has 0 unspecified atom stereocenters. The van der Waals surface area contributed by atoms with Gasteiger partial charge in [0, 0.05) is 12.8 Å². The van der Waals surface area contributed by atoms with E-state index in [4.69, 9.17) is 10.6 Å². The molecule has 0 aliphatic rings. The molecule has 2 aromatic rings. The van der Waals surface area contributed by atoms with Gasteiger partial charge in [0.1, 0.15) is 5.75 Å². The van der Waals surface area contributed by atoms with Crippen LogP contribution in [0.1, 0.15) is 11.1 Å². The second-order valence-corrected chi connectivity index (χ2v) is 5.91. The average molecular weight is 342 g/mol. The van der Waals surface area contributed by atoms with Crippen molar-refractivity contribution in [2.75, 3.05) is 19.2 Å². The van der Waals surface area contributed by atoms with Crippen LogP contribution in [0.4, 0.5) is 18.9 Å². The SMILES string of the molecule is COc1ccc(C(F)(F)F)cc1SCc1ccccc1N(C)N. The van der Waals surface area contributed by atoms with Crippen LogP contribution in [-0.4, -0.2) is 14.2 Å². The quantitative estimate of drug-likeness (QED) is 0.499. The van der Waals surface area contributed by atoms with E-state index in [0.29, 0.717) is 16.4 Å². The third-order valence-electron chi connectivity index (χ3n) is 3.25. The standard InChI is InChI=1S/C16H17F3N2OS/c1-21(20)13-6-4-3-5-11(13)10-23-15-9-12(16(17,18)19)7-8-14(15)22-2/h3-9H,10,20H2,1-2H3. The van der Waals surface area contributed by atoms with Gasteiger partial charge in [0.2, 0.25) is 0 Å². The summed E-state index contributed by atoms with van der Waals surface area (Å²) in [6.07, 6.45) is -4.38. The summed E-state index contributed by atoms with van der Waals surface area (Å²) < 4.78 is 43.7. The van der Waals surface area contributed by atoms with Crippen molar-refractivity contribution in [2.45, 2.75) is 16.8 Å². The Labute approximate surface area is 137 Å². The topological polar surface area (TPSA) is 38.5 Å². The van der Waals surface area contributed by atoms with E-state index in [1.807, 2.05) is 24.3 Å². The number of rotatable bonds is 5. The Bertz CT molecular complexity index is 675. The van der Waals surface area contributed by atoms with Crippen LogP contribution in [0.15, 0.2) is 47.4 Å². The Morgan fingerprint density at radius 1 is 1.17 bits per heavy atom. The van der Waals surface area contributed by atoms with Crippen molar-refractivity contribution < 1.29 is 17.9 Å². The highest BCUT2D eigenvalue weighted by molar-refractivity contribution is 7.98. The van der Waals surface area contributed by atoms with Gasteiger partial charge >= 0.3 is 6.18 Å². The van der Waals surface area contributed by atoms with Crippen molar-refractivity contribution in [3.05, 3.63) is 53.6 Å². The molecule has 0 fully saturated rings. The molecule has 2 N–H and O–H groups in total. The number of nitrogens with zero attached hydrogens (tertiary/aromatic N) is 1. The van der Waals surface area contributed by atoms with Gasteiger partial charge < -0.3 is 9.75 Å². The molecule has 0 aliphatic heterocycles. The van der Waals surface area contributed by atoms with Gasteiger partial charge in [0.25, 0.3) is 0 Å². The molecule has 2 rings (SSSR count). The number of anilines is 1. The molecule has 2 aromatic carbocycles. The molecule has 124 valence electrons. The number of hydrogen-bond acceptors (Lipinski definition) is 4. The Morgan fingerprint density at radius 3 is 2.48 bits per heavy atom. The van der Waals surface area contributed by atoms with Crippen molar-refractivity contribution in [1.29, 1.82) is 0 Å². The van der Waals surface area contributed by atoms with E-state index in [9.17, 15) is 13.2 Å². The molecule has 0 saturated carbocycles. The highest BCUT2D eigenvalue weighted by Gasteiger charge is 2.31. The van der Waals surface area contributed by atoms with Gasteiger partial charge in [-0.25, -0.2) is 5.84 Å². The predicted octanol–water partition coefficient (Wildman–Crippen LogP) is 4.32. The summed E-state index contributed by atoms with van der Waals surface area (Å²) >= 11 is 1.28. The zero-order chi connectivity index (χ0) is 17.0. The smallest absolute Gasteiger partial charge is 0.416 e. The van der Waals surface area contributed by atoms with Crippen LogP contribution in [-0.2, 0) is 11.9 Å². The minimum atomic E-state index is -4.38. The molecular weight excluding hydrogens is 325 g/mol. The van der Waals surface area contributed by atoms with Gasteiger partial charge in [-0.3, -0.25) is 0 Å². The second kappa shape index (κ2) is 7.14. The lowest BCUT2D eigenvalue weighted by Crippen LogP contribution is -2.26. The third-order valence-corrected chi connectivity index (χ3v) is 4.33. The second-order valence-electron chi connectivity index (χ2n) is 4.89. The number of methoxy groups -OCH3 is 1. The van der Waals surface area contributed by atoms with Crippen molar-refractivity contribution in [2.24, 2.45) is 5.84 Å². The Balaban J connectivity index is 2.26. The number of hydrogen-bond donors (Lipinski definition) is 1. The number of nitrogens with two attached hydrogens (primary N) is 1. The van der Waals surface area contributed by atoms with Crippen LogP contribution >= 0.6 is 11.8 Å². The molecule has 0 aromatic heterocycles. The minimum absolute atomic E-state index is 0.418. The molecule has 0 atom stereocenters. The molecule has 0 heterocycles. The lowest BCUT2D eigenvalue weighted by molar-refractivity contribution is -0.137. The molecule has 23 heavy (non-hydrogen) atoms. The number of halogens is 3. The summed E-state index contributed by atoms with van der Waals surface area (Å²) in [5.74, 6) is 6.67. The van der Waals surface area contributed by atoms with Crippen LogP contribution in [0.2, 0.25) is 0 Å². The normalized spacial score (nSPS) is 11.4. The first-order valence-corrected chi connectivity index (χ1v) is 7.76. The molecule has 0 saturated heterocycles. The maximum Gasteiger partial charge on any atom is 0.416 e. The van der Waals surface area contributed by atoms with Gasteiger partial charge in [0.15, 0.2) is 0 Å². The van der Waals surface area contributed by atoms with Gasteiger partial charge in [-0.05, 0) is 29.8 Å². The lowest BCUT2D eigenvalue weighted by Gasteiger charge is -2.17. The van der Waals surface area contributed by atoms with E-state index in [2.05, 4.69) is 0 Å². The van der Waals surface area contributed by atoms with E-state index in [1.54, 1.807) is 7.05 Å². The Kier molecular flexibility index (Phi) is 5.43. The molecule has 0 amide bonds. The highest BCUT2D eigenvalue weighted by atomic mass is 32.2. The van der Waals surface area contributed by atoms with Crippen molar-refractivity contribution >= 4 is 17.4 Å². The van der Waals surface area contributed by atoms with Crippen LogP contribution in [0, 0.1) is 0 Å². The maximum absolute atomic E-state index is 12.9. The van der Waals surface area contributed by atoms with Crippen molar-refractivity contribution in [1.82, 2.24) is 0 Å². The van der Waals surface area contributed by atoms with E-state index >= 15 is 0 Å². The van der Waals surface area contributed by atoms with Gasteiger partial charge in [-0.2, -0.15) is 13.2 Å². The number of para-hydroxylation sites is 1. The van der Waals surface area contributed by atoms with Crippen molar-refractivity contribution in [3.8, 4) is 5.75 Å². The molecule has 0 aliphatic carbocycles. The van der Waals surface area contributed by atoms with Gasteiger partial charge in [-0.15, -0.1) is 11.8 Å². The summed E-state index contributed by atoms with van der Waals surface area (Å²) in [5.41, 5.74) is 1.07. The van der Waals surface area contributed by atoms with Gasteiger partial charge in [-0.1, -0.05) is 18.2 Å². The lowest BCUT2D eigenvalue weighted by atomic mass is 10.2. The fourth-order valence-corrected chi connectivity index (χ4v) is 3.16. The van der Waals surface area contributed by atoms with Crippen LogP contribution < -0.4 is 15.6 Å². The molecule has 0 spiro atoms. The maximum atomic E-state index is 12.9. The van der Waals surface area contributed by atoms with Crippen LogP contribution in [0.3, 0.4) is 0 Å². The minimum Gasteiger partial charge on any atom is -0.496 e. The molecule has 0 bridgehead atoms. The molecular formula is C16H17F3N2OS. The third kappa shape index (κ3) is 4.33. The van der Waals surface area contributed by atoms with Crippen LogP contribution in [0.25, 0.3) is 0 Å².